The molecule has 0 saturated heterocycles. The lowest BCUT2D eigenvalue weighted by atomic mass is 10.1. The Hall–Kier alpha value is -2.60. The summed E-state index contributed by atoms with van der Waals surface area (Å²) < 4.78 is 15.2. The molecule has 0 bridgehead atoms. The average Bonchev–Trinajstić information content (AvgIpc) is 2.59. The predicted octanol–water partition coefficient (Wildman–Crippen LogP) is 2.12. The van der Waals surface area contributed by atoms with Crippen molar-refractivity contribution >= 4 is 18.0 Å². The highest BCUT2D eigenvalue weighted by Gasteiger charge is 2.20. The second kappa shape index (κ2) is 10.2. The number of rotatable bonds is 9. The molecule has 1 rings (SSSR count). The summed E-state index contributed by atoms with van der Waals surface area (Å²) in [5.74, 6) is -0.938. The average molecular weight is 334 g/mol. The molecule has 0 aliphatic carbocycles. The van der Waals surface area contributed by atoms with Gasteiger partial charge in [0.25, 0.3) is 0 Å². The van der Waals surface area contributed by atoms with Crippen LogP contribution in [0.25, 0.3) is 6.08 Å². The third-order valence-electron chi connectivity index (χ3n) is 2.91. The smallest absolute Gasteiger partial charge is 0.345 e. The van der Waals surface area contributed by atoms with Crippen molar-refractivity contribution in [3.63, 3.8) is 0 Å². The summed E-state index contributed by atoms with van der Waals surface area (Å²) >= 11 is 0. The van der Waals surface area contributed by atoms with Gasteiger partial charge in [0.15, 0.2) is 0 Å². The summed E-state index contributed by atoms with van der Waals surface area (Å²) in [5.41, 5.74) is 0.435. The van der Waals surface area contributed by atoms with E-state index in [9.17, 15) is 9.59 Å². The van der Waals surface area contributed by atoms with E-state index >= 15 is 0 Å². The van der Waals surface area contributed by atoms with Crippen LogP contribution >= 0.6 is 0 Å². The third-order valence-corrected chi connectivity index (χ3v) is 2.91. The first-order valence-corrected chi connectivity index (χ1v) is 7.61. The van der Waals surface area contributed by atoms with Crippen LogP contribution in [0.4, 0.5) is 0 Å². The minimum Gasteiger partial charge on any atom is -0.484 e. The van der Waals surface area contributed by atoms with Gasteiger partial charge in [0, 0.05) is 0 Å². The summed E-state index contributed by atoms with van der Waals surface area (Å²) in [5, 5.41) is 9.08. The number of hydrogen-bond donors (Lipinski definition) is 1. The van der Waals surface area contributed by atoms with Gasteiger partial charge < -0.3 is 19.3 Å². The number of aliphatic hydroxyl groups is 1. The molecule has 0 aliphatic heterocycles. The van der Waals surface area contributed by atoms with Gasteiger partial charge in [-0.3, -0.25) is 0 Å². The highest BCUT2D eigenvalue weighted by molar-refractivity contribution is 6.17. The molecule has 1 unspecified atom stereocenters. The normalized spacial score (nSPS) is 11.1. The molecule has 6 heteroatoms. The fourth-order valence-corrected chi connectivity index (χ4v) is 1.76. The van der Waals surface area contributed by atoms with Crippen LogP contribution in [0.5, 0.6) is 5.75 Å². The van der Waals surface area contributed by atoms with E-state index in [0.717, 1.165) is 0 Å². The number of carbonyl (C=O) groups is 2. The number of aliphatic hydroxyl groups excluding tert-OH is 1. The Kier molecular flexibility index (Phi) is 8.29. The highest BCUT2D eigenvalue weighted by Crippen LogP contribution is 2.17. The minimum atomic E-state index is -0.733. The quantitative estimate of drug-likeness (QED) is 0.245. The van der Waals surface area contributed by atoms with Crippen molar-refractivity contribution in [3.8, 4) is 5.75 Å². The molecule has 0 amide bonds. The second-order valence-electron chi connectivity index (χ2n) is 4.64. The van der Waals surface area contributed by atoms with E-state index in [1.807, 2.05) is 0 Å². The van der Waals surface area contributed by atoms with Gasteiger partial charge in [-0.05, 0) is 43.7 Å². The Labute approximate surface area is 141 Å². The SMILES string of the molecule is C=CC(CO)Oc1ccc(C=C(C(=O)OCC)C(=O)OCC)cc1. The standard InChI is InChI=1S/C18H22O6/c1-4-14(12-19)24-15-9-7-13(8-10-15)11-16(17(20)22-5-2)18(21)23-6-3/h4,7-11,14,19H,1,5-6,12H2,2-3H3. The van der Waals surface area contributed by atoms with Gasteiger partial charge in [-0.1, -0.05) is 18.7 Å². The Bertz CT molecular complexity index is 568. The van der Waals surface area contributed by atoms with Crippen molar-refractivity contribution in [2.24, 2.45) is 0 Å². The Morgan fingerprint density at radius 2 is 1.67 bits per heavy atom. The van der Waals surface area contributed by atoms with Crippen LogP contribution in [0.3, 0.4) is 0 Å². The summed E-state index contributed by atoms with van der Waals surface area (Å²) in [6.07, 6.45) is 2.39. The van der Waals surface area contributed by atoms with Crippen LogP contribution in [0.15, 0.2) is 42.5 Å². The lowest BCUT2D eigenvalue weighted by Crippen LogP contribution is -2.18. The maximum atomic E-state index is 11.9. The molecule has 1 N–H and O–H groups in total. The van der Waals surface area contributed by atoms with E-state index in [0.29, 0.717) is 11.3 Å². The molecule has 0 fully saturated rings. The van der Waals surface area contributed by atoms with E-state index in [2.05, 4.69) is 6.58 Å². The Morgan fingerprint density at radius 3 is 2.08 bits per heavy atom. The van der Waals surface area contributed by atoms with Gasteiger partial charge in [-0.2, -0.15) is 0 Å². The van der Waals surface area contributed by atoms with E-state index in [-0.39, 0.29) is 25.4 Å². The first-order valence-electron chi connectivity index (χ1n) is 7.61. The molecular weight excluding hydrogens is 312 g/mol. The predicted molar refractivity (Wildman–Crippen MR) is 89.4 cm³/mol. The molecular formula is C18H22O6. The topological polar surface area (TPSA) is 82.1 Å². The molecule has 0 radical (unpaired) electrons. The zero-order chi connectivity index (χ0) is 17.9. The van der Waals surface area contributed by atoms with Crippen molar-refractivity contribution in [1.82, 2.24) is 0 Å². The van der Waals surface area contributed by atoms with Crippen LogP contribution in [0.2, 0.25) is 0 Å². The first-order chi connectivity index (χ1) is 11.5. The van der Waals surface area contributed by atoms with Crippen molar-refractivity contribution in [2.75, 3.05) is 19.8 Å². The van der Waals surface area contributed by atoms with Crippen LogP contribution < -0.4 is 4.74 Å². The molecule has 1 aromatic rings. The van der Waals surface area contributed by atoms with Gasteiger partial charge >= 0.3 is 11.9 Å². The van der Waals surface area contributed by atoms with Gasteiger partial charge in [0.2, 0.25) is 0 Å². The fraction of sp³-hybridized carbons (Fsp3) is 0.333. The molecule has 1 aromatic carbocycles. The zero-order valence-corrected chi connectivity index (χ0v) is 13.9. The van der Waals surface area contributed by atoms with Gasteiger partial charge in [-0.25, -0.2) is 9.59 Å². The van der Waals surface area contributed by atoms with E-state index in [1.165, 1.54) is 12.2 Å². The molecule has 0 saturated carbocycles. The van der Waals surface area contributed by atoms with Crippen LogP contribution in [0.1, 0.15) is 19.4 Å². The molecule has 0 spiro atoms. The molecule has 6 nitrogen and oxygen atoms in total. The number of carbonyl (C=O) groups excluding carboxylic acids is 2. The monoisotopic (exact) mass is 334 g/mol. The number of hydrogen-bond acceptors (Lipinski definition) is 6. The molecule has 24 heavy (non-hydrogen) atoms. The first kappa shape index (κ1) is 19.4. The van der Waals surface area contributed by atoms with Crippen molar-refractivity contribution in [3.05, 3.63) is 48.1 Å². The third kappa shape index (κ3) is 5.89. The molecule has 0 aliphatic rings. The molecule has 0 heterocycles. The lowest BCUT2D eigenvalue weighted by Gasteiger charge is -2.12. The Morgan fingerprint density at radius 1 is 1.12 bits per heavy atom. The summed E-state index contributed by atoms with van der Waals surface area (Å²) in [6.45, 7) is 7.01. The number of esters is 2. The van der Waals surface area contributed by atoms with E-state index in [4.69, 9.17) is 19.3 Å². The zero-order valence-electron chi connectivity index (χ0n) is 13.9. The fourth-order valence-electron chi connectivity index (χ4n) is 1.76. The van der Waals surface area contributed by atoms with Gasteiger partial charge in [0.1, 0.15) is 17.4 Å². The lowest BCUT2D eigenvalue weighted by molar-refractivity contribution is -0.146. The molecule has 0 aromatic heterocycles. The van der Waals surface area contributed by atoms with Crippen LogP contribution in [0, 0.1) is 0 Å². The second-order valence-corrected chi connectivity index (χ2v) is 4.64. The molecule has 1 atom stereocenters. The maximum absolute atomic E-state index is 11.9. The Balaban J connectivity index is 2.98. The number of ether oxygens (including phenoxy) is 3. The van der Waals surface area contributed by atoms with E-state index < -0.39 is 18.0 Å². The highest BCUT2D eigenvalue weighted by atomic mass is 16.6. The van der Waals surface area contributed by atoms with Gasteiger partial charge in [-0.15, -0.1) is 0 Å². The summed E-state index contributed by atoms with van der Waals surface area (Å²) in [4.78, 5) is 23.8. The molecule has 130 valence electrons. The largest absolute Gasteiger partial charge is 0.484 e. The summed E-state index contributed by atoms with van der Waals surface area (Å²) in [7, 11) is 0. The number of benzene rings is 1. The maximum Gasteiger partial charge on any atom is 0.345 e. The van der Waals surface area contributed by atoms with Gasteiger partial charge in [0.05, 0.1) is 19.8 Å². The summed E-state index contributed by atoms with van der Waals surface area (Å²) in [6, 6.07) is 6.66. The van der Waals surface area contributed by atoms with Crippen molar-refractivity contribution < 1.29 is 28.9 Å². The van der Waals surface area contributed by atoms with Crippen molar-refractivity contribution in [2.45, 2.75) is 20.0 Å². The van der Waals surface area contributed by atoms with Crippen molar-refractivity contribution in [1.29, 1.82) is 0 Å². The van der Waals surface area contributed by atoms with E-state index in [1.54, 1.807) is 38.1 Å². The van der Waals surface area contributed by atoms with Crippen LogP contribution in [-0.4, -0.2) is 43.0 Å². The van der Waals surface area contributed by atoms with Crippen LogP contribution in [-0.2, 0) is 19.1 Å². The minimum absolute atomic E-state index is 0.159.